The summed E-state index contributed by atoms with van der Waals surface area (Å²) in [5, 5.41) is 10.6. The van der Waals surface area contributed by atoms with E-state index >= 15 is 0 Å². The van der Waals surface area contributed by atoms with Gasteiger partial charge in [-0.05, 0) is 45.2 Å². The van der Waals surface area contributed by atoms with Crippen molar-refractivity contribution in [1.29, 1.82) is 0 Å². The molecule has 0 radical (unpaired) electrons. The number of benzene rings is 1. The number of nitrogens with two attached hydrogens (primary N) is 2. The predicted octanol–water partition coefficient (Wildman–Crippen LogP) is 0.712. The molecule has 2 fully saturated rings. The summed E-state index contributed by atoms with van der Waals surface area (Å²) in [4.78, 5) is 6.98. The highest BCUT2D eigenvalue weighted by Gasteiger charge is 2.66. The molecule has 2 aliphatic carbocycles. The molecule has 4 aliphatic rings. The number of piperidine rings is 1. The molecule has 5 rings (SSSR count). The van der Waals surface area contributed by atoms with Crippen LogP contribution in [0, 0.1) is 5.92 Å². The average Bonchev–Trinajstić information content (AvgIpc) is 2.95. The summed E-state index contributed by atoms with van der Waals surface area (Å²) in [7, 11) is 3.88. The molecule has 7 nitrogen and oxygen atoms in total. The number of rotatable bonds is 2. The first-order valence-corrected chi connectivity index (χ1v) is 9.36. The lowest BCUT2D eigenvalue weighted by atomic mass is 9.51. The third-order valence-corrected chi connectivity index (χ3v) is 7.19. The molecule has 26 heavy (non-hydrogen) atoms. The lowest BCUT2D eigenvalue weighted by Crippen LogP contribution is -2.66. The van der Waals surface area contributed by atoms with Crippen molar-refractivity contribution in [3.8, 4) is 17.2 Å². The summed E-state index contributed by atoms with van der Waals surface area (Å²) < 4.78 is 12.0. The van der Waals surface area contributed by atoms with Crippen LogP contribution in [0.25, 0.3) is 0 Å². The maximum Gasteiger partial charge on any atom is 0.186 e. The van der Waals surface area contributed by atoms with Gasteiger partial charge in [0.25, 0.3) is 0 Å². The Morgan fingerprint density at radius 2 is 2.23 bits per heavy atom. The van der Waals surface area contributed by atoms with E-state index in [0.717, 1.165) is 43.5 Å². The van der Waals surface area contributed by atoms with Crippen LogP contribution in [-0.4, -0.2) is 54.9 Å². The molecular weight excluding hydrogens is 332 g/mol. The van der Waals surface area contributed by atoms with Crippen molar-refractivity contribution >= 4 is 5.96 Å². The second kappa shape index (κ2) is 5.19. The van der Waals surface area contributed by atoms with Gasteiger partial charge in [-0.25, -0.2) is 4.99 Å². The topological polar surface area (TPSA) is 106 Å². The average molecular weight is 358 g/mol. The molecular formula is C19H26N4O3. The van der Waals surface area contributed by atoms with E-state index in [2.05, 4.69) is 16.9 Å². The van der Waals surface area contributed by atoms with Crippen LogP contribution in [0.4, 0.5) is 0 Å². The van der Waals surface area contributed by atoms with E-state index in [1.54, 1.807) is 13.2 Å². The van der Waals surface area contributed by atoms with Gasteiger partial charge in [0.15, 0.2) is 17.5 Å². The van der Waals surface area contributed by atoms with Crippen LogP contribution in [0.1, 0.15) is 30.4 Å². The van der Waals surface area contributed by atoms with E-state index in [1.807, 2.05) is 0 Å². The smallest absolute Gasteiger partial charge is 0.186 e. The fourth-order valence-electron chi connectivity index (χ4n) is 6.27. The van der Waals surface area contributed by atoms with Gasteiger partial charge in [-0.1, -0.05) is 0 Å². The molecule has 0 unspecified atom stereocenters. The van der Waals surface area contributed by atoms with Gasteiger partial charge in [0.05, 0.1) is 13.2 Å². The quantitative estimate of drug-likeness (QED) is 0.531. The van der Waals surface area contributed by atoms with Crippen LogP contribution < -0.4 is 20.9 Å². The van der Waals surface area contributed by atoms with Crippen LogP contribution in [0.5, 0.6) is 17.2 Å². The SMILES string of the molecule is COc1cc(O)c2c3c1C[C@@H]1[C@@H]4CC[C@H](N=C(N)N)[C@H](O2)[C@]34CCN1C. The molecule has 1 saturated heterocycles. The first-order chi connectivity index (χ1) is 12.5. The van der Waals surface area contributed by atoms with Gasteiger partial charge < -0.3 is 30.9 Å². The summed E-state index contributed by atoms with van der Waals surface area (Å²) in [6.45, 7) is 1.01. The largest absolute Gasteiger partial charge is 0.504 e. The number of aromatic hydroxyl groups is 1. The van der Waals surface area contributed by atoms with E-state index in [-0.39, 0.29) is 29.3 Å². The van der Waals surface area contributed by atoms with Crippen molar-refractivity contribution in [2.45, 2.75) is 49.3 Å². The predicted molar refractivity (Wildman–Crippen MR) is 97.8 cm³/mol. The van der Waals surface area contributed by atoms with E-state index in [1.165, 1.54) is 5.56 Å². The van der Waals surface area contributed by atoms with Gasteiger partial charge in [0.2, 0.25) is 0 Å². The molecule has 1 spiro atoms. The lowest BCUT2D eigenvalue weighted by molar-refractivity contribution is -0.0509. The Morgan fingerprint density at radius 3 is 2.96 bits per heavy atom. The number of nitrogens with zero attached hydrogens (tertiary/aromatic N) is 2. The number of guanidine groups is 1. The highest BCUT2D eigenvalue weighted by Crippen LogP contribution is 2.65. The first-order valence-electron chi connectivity index (χ1n) is 9.36. The van der Waals surface area contributed by atoms with Gasteiger partial charge in [0, 0.05) is 28.7 Å². The molecule has 1 aromatic carbocycles. The highest BCUT2D eigenvalue weighted by atomic mass is 16.5. The highest BCUT2D eigenvalue weighted by molar-refractivity contribution is 5.76. The molecule has 5 N–H and O–H groups in total. The number of phenolic OH excluding ortho intramolecular Hbond substituents is 1. The molecule has 2 heterocycles. The molecule has 7 heteroatoms. The van der Waals surface area contributed by atoms with Crippen molar-refractivity contribution in [2.24, 2.45) is 22.4 Å². The number of methoxy groups -OCH3 is 1. The van der Waals surface area contributed by atoms with Gasteiger partial charge in [-0.3, -0.25) is 0 Å². The number of phenols is 1. The number of likely N-dealkylation sites (tertiary alicyclic amines) is 1. The van der Waals surface area contributed by atoms with Crippen LogP contribution in [-0.2, 0) is 11.8 Å². The van der Waals surface area contributed by atoms with Crippen molar-refractivity contribution in [3.05, 3.63) is 17.2 Å². The zero-order valence-corrected chi connectivity index (χ0v) is 15.2. The van der Waals surface area contributed by atoms with E-state index in [4.69, 9.17) is 20.9 Å². The Balaban J connectivity index is 1.77. The van der Waals surface area contributed by atoms with Crippen molar-refractivity contribution in [2.75, 3.05) is 20.7 Å². The number of aliphatic imine (C=N–C) groups is 1. The molecule has 1 aromatic rings. The Hall–Kier alpha value is -2.15. The maximum absolute atomic E-state index is 10.6. The number of hydrogen-bond donors (Lipinski definition) is 3. The molecule has 0 aromatic heterocycles. The number of ether oxygens (including phenoxy) is 2. The minimum Gasteiger partial charge on any atom is -0.504 e. The second-order valence-electron chi connectivity index (χ2n) is 8.17. The maximum atomic E-state index is 10.6. The van der Waals surface area contributed by atoms with Gasteiger partial charge in [-0.15, -0.1) is 0 Å². The third-order valence-electron chi connectivity index (χ3n) is 7.19. The van der Waals surface area contributed by atoms with E-state index < -0.39 is 0 Å². The summed E-state index contributed by atoms with van der Waals surface area (Å²) in [6, 6.07) is 2.06. The Kier molecular flexibility index (Phi) is 3.20. The van der Waals surface area contributed by atoms with Crippen molar-refractivity contribution < 1.29 is 14.6 Å². The van der Waals surface area contributed by atoms with Crippen LogP contribution in [0.2, 0.25) is 0 Å². The van der Waals surface area contributed by atoms with Gasteiger partial charge in [0.1, 0.15) is 11.9 Å². The minimum atomic E-state index is -0.145. The fraction of sp³-hybridized carbons (Fsp3) is 0.632. The Morgan fingerprint density at radius 1 is 1.42 bits per heavy atom. The summed E-state index contributed by atoms with van der Waals surface area (Å²) in [5.74, 6) is 2.12. The Labute approximate surface area is 153 Å². The Bertz CT molecular complexity index is 806. The van der Waals surface area contributed by atoms with Crippen LogP contribution >= 0.6 is 0 Å². The zero-order chi connectivity index (χ0) is 18.2. The van der Waals surface area contributed by atoms with Crippen molar-refractivity contribution in [3.63, 3.8) is 0 Å². The molecule has 5 atom stereocenters. The number of likely N-dealkylation sites (N-methyl/N-ethyl adjacent to an activating group) is 1. The number of hydrogen-bond acceptors (Lipinski definition) is 5. The normalized spacial score (nSPS) is 36.8. The molecule has 0 amide bonds. The standard InChI is InChI=1S/C19H26N4O3/c1-23-6-5-19-10-3-4-11(22-18(20)21)17(19)26-16-13(24)8-14(25-2)9(15(16)19)7-12(10)23/h8,10-12,17,24H,3-7H2,1-2H3,(H4,20,21,22)/t10-,11-,12+,17-,19-/m0/s1. The lowest BCUT2D eigenvalue weighted by Gasteiger charge is -2.58. The summed E-state index contributed by atoms with van der Waals surface area (Å²) >= 11 is 0. The molecule has 140 valence electrons. The molecule has 2 aliphatic heterocycles. The fourth-order valence-corrected chi connectivity index (χ4v) is 6.27. The van der Waals surface area contributed by atoms with E-state index in [9.17, 15) is 5.11 Å². The van der Waals surface area contributed by atoms with Crippen molar-refractivity contribution in [1.82, 2.24) is 4.90 Å². The third kappa shape index (κ3) is 1.79. The zero-order valence-electron chi connectivity index (χ0n) is 15.2. The van der Waals surface area contributed by atoms with E-state index in [0.29, 0.717) is 17.7 Å². The minimum absolute atomic E-state index is 0.0796. The molecule has 1 saturated carbocycles. The second-order valence-corrected chi connectivity index (χ2v) is 8.17. The first kappa shape index (κ1) is 16.1. The summed E-state index contributed by atoms with van der Waals surface area (Å²) in [6.07, 6.45) is 3.75. The van der Waals surface area contributed by atoms with Gasteiger partial charge >= 0.3 is 0 Å². The molecule has 2 bridgehead atoms. The van der Waals surface area contributed by atoms with Crippen LogP contribution in [0.15, 0.2) is 11.1 Å². The van der Waals surface area contributed by atoms with Gasteiger partial charge in [-0.2, -0.15) is 0 Å². The van der Waals surface area contributed by atoms with Crippen LogP contribution in [0.3, 0.4) is 0 Å². The summed E-state index contributed by atoms with van der Waals surface area (Å²) in [5.41, 5.74) is 13.6. The monoisotopic (exact) mass is 358 g/mol.